The summed E-state index contributed by atoms with van der Waals surface area (Å²) in [6.07, 6.45) is 5.91. The number of ether oxygens (including phenoxy) is 4. The van der Waals surface area contributed by atoms with E-state index in [0.717, 1.165) is 56.4 Å². The first-order valence-electron chi connectivity index (χ1n) is 23.3. The number of pyridine rings is 1. The number of benzene rings is 4. The zero-order valence-corrected chi connectivity index (χ0v) is 39.2. The summed E-state index contributed by atoms with van der Waals surface area (Å²) in [6, 6.07) is 27.6. The van der Waals surface area contributed by atoms with Gasteiger partial charge in [0.25, 0.3) is 5.91 Å². The van der Waals surface area contributed by atoms with Gasteiger partial charge in [0.1, 0.15) is 34.0 Å². The van der Waals surface area contributed by atoms with Crippen LogP contribution in [0.1, 0.15) is 88.7 Å². The molecule has 1 aliphatic carbocycles. The van der Waals surface area contributed by atoms with E-state index in [4.69, 9.17) is 42.1 Å². The lowest BCUT2D eigenvalue weighted by Gasteiger charge is -2.43. The highest BCUT2D eigenvalue weighted by Crippen LogP contribution is 2.48. The number of amides is 2. The van der Waals surface area contributed by atoms with Gasteiger partial charge in [0, 0.05) is 34.9 Å². The molecule has 4 saturated heterocycles. The van der Waals surface area contributed by atoms with Crippen LogP contribution in [0.3, 0.4) is 0 Å². The molecule has 4 aromatic carbocycles. The smallest absolute Gasteiger partial charge is 0.408 e. The van der Waals surface area contributed by atoms with E-state index < -0.39 is 42.1 Å². The number of alkyl halides is 2. The van der Waals surface area contributed by atoms with Crippen molar-refractivity contribution in [2.75, 3.05) is 32.8 Å². The molecule has 17 heteroatoms. The maximum atomic E-state index is 14.9. The summed E-state index contributed by atoms with van der Waals surface area (Å²) in [5.74, 6) is -1.99. The monoisotopic (exact) mass is 985 g/mol. The number of likely N-dealkylation sites (tertiary alicyclic amines) is 1. The molecule has 5 aromatic rings. The van der Waals surface area contributed by atoms with Crippen molar-refractivity contribution in [2.45, 2.75) is 81.8 Å². The Hall–Kier alpha value is -6.16. The van der Waals surface area contributed by atoms with Gasteiger partial charge in [0.15, 0.2) is 11.5 Å². The van der Waals surface area contributed by atoms with Crippen LogP contribution in [0, 0.1) is 11.8 Å². The molecule has 4 atom stereocenters. The highest BCUT2D eigenvalue weighted by molar-refractivity contribution is 6.35. The SMILES string of the molecule is O=C(N[C@@H](c1ccccc1)c1cccc(OCc2cccc(C(=O)N3CCC[C@@]3(C(=O)O)[C@@H](Cc3c(Cl)c[n+](O)cc3Cl)c3ccc(OC(F)F)c(OCC4CC4)c3)c2)c1)O[C@H]1CN2CCC1CC2. The third kappa shape index (κ3) is 10.9. The first-order valence-corrected chi connectivity index (χ1v) is 24.0. The molecule has 0 spiro atoms. The van der Waals surface area contributed by atoms with Gasteiger partial charge in [-0.25, -0.2) is 9.59 Å². The van der Waals surface area contributed by atoms with Crippen molar-refractivity contribution >= 4 is 41.2 Å². The molecular formula is C52H53Cl2F2N4O9+. The first-order chi connectivity index (χ1) is 33.3. The van der Waals surface area contributed by atoms with E-state index in [1.807, 2.05) is 48.5 Å². The lowest BCUT2D eigenvalue weighted by molar-refractivity contribution is -0.904. The standard InChI is InChI=1S/C52H52Cl2F2N4O9/c53-42-27-59(65)28-43(54)40(42)26-41(36-15-16-44(68-50(55)56)45(25-36)67-30-32-13-14-32)52(49(62)63)19-6-20-60(52)48(61)38-11-4-7-33(23-38)31-66-39-12-5-10-37(24-39)47(35-8-2-1-3-9-35)57-51(64)69-46-29-58-21-17-34(46)18-22-58/h1-5,7-12,15-16,23-25,27-28,32,34,41,46-47,50H,6,13-14,17-22,26,29-31H2,(H2-,57,62,63,64,65)/p+1/t41-,46-,47-,52-/m0/s1. The number of fused-ring (bicyclic) bond motifs is 3. The minimum Gasteiger partial charge on any atom is -0.489 e. The topological polar surface area (TPSA) is 151 Å². The number of aliphatic carboxylic acids is 1. The van der Waals surface area contributed by atoms with Crippen molar-refractivity contribution in [1.29, 1.82) is 0 Å². The minimum absolute atomic E-state index is 0.00632. The quantitative estimate of drug-likeness (QED) is 0.0572. The van der Waals surface area contributed by atoms with E-state index >= 15 is 0 Å². The van der Waals surface area contributed by atoms with Crippen LogP contribution in [0.4, 0.5) is 13.6 Å². The third-order valence-corrected chi connectivity index (χ3v) is 14.5. The summed E-state index contributed by atoms with van der Waals surface area (Å²) < 4.78 is 51.0. The highest BCUT2D eigenvalue weighted by Gasteiger charge is 2.56. The van der Waals surface area contributed by atoms with Crippen LogP contribution in [0.5, 0.6) is 17.2 Å². The summed E-state index contributed by atoms with van der Waals surface area (Å²) in [5, 5.41) is 24.7. The fourth-order valence-corrected chi connectivity index (χ4v) is 10.7. The molecule has 2 amide bonds. The second kappa shape index (κ2) is 20.8. The molecule has 5 heterocycles. The Bertz CT molecular complexity index is 2650. The Labute approximate surface area is 408 Å². The molecule has 1 aromatic heterocycles. The van der Waals surface area contributed by atoms with E-state index in [1.54, 1.807) is 30.3 Å². The van der Waals surface area contributed by atoms with Crippen molar-refractivity contribution < 1.29 is 57.2 Å². The van der Waals surface area contributed by atoms with Gasteiger partial charge < -0.3 is 34.3 Å². The number of hydrogen-bond donors (Lipinski definition) is 3. The van der Waals surface area contributed by atoms with Gasteiger partial charge in [-0.2, -0.15) is 8.78 Å². The predicted octanol–water partition coefficient (Wildman–Crippen LogP) is 9.48. The van der Waals surface area contributed by atoms with Gasteiger partial charge >= 0.3 is 18.7 Å². The van der Waals surface area contributed by atoms with Crippen LogP contribution < -0.4 is 24.3 Å². The summed E-state index contributed by atoms with van der Waals surface area (Å²) in [4.78, 5) is 45.9. The van der Waals surface area contributed by atoms with Crippen molar-refractivity contribution in [1.82, 2.24) is 15.1 Å². The molecule has 362 valence electrons. The van der Waals surface area contributed by atoms with Gasteiger partial charge in [0.05, 0.1) is 12.6 Å². The van der Waals surface area contributed by atoms with Gasteiger partial charge in [-0.15, -0.1) is 0 Å². The molecule has 3 N–H and O–H groups in total. The number of alkyl carbamates (subject to hydrolysis) is 1. The summed E-state index contributed by atoms with van der Waals surface area (Å²) in [6.45, 7) is 0.0483. The number of hydrogen-bond acceptors (Lipinski definition) is 9. The van der Waals surface area contributed by atoms with Crippen LogP contribution in [-0.2, 0) is 22.6 Å². The minimum atomic E-state index is -3.15. The van der Waals surface area contributed by atoms with Crippen LogP contribution in [-0.4, -0.2) is 89.1 Å². The fourth-order valence-electron chi connectivity index (χ4n) is 10.1. The number of rotatable bonds is 18. The van der Waals surface area contributed by atoms with Gasteiger partial charge in [-0.05, 0) is 129 Å². The molecule has 4 aliphatic heterocycles. The summed E-state index contributed by atoms with van der Waals surface area (Å²) in [5.41, 5.74) is 1.25. The molecule has 2 bridgehead atoms. The van der Waals surface area contributed by atoms with Crippen LogP contribution >= 0.6 is 23.2 Å². The van der Waals surface area contributed by atoms with E-state index in [0.29, 0.717) is 39.5 Å². The molecule has 13 nitrogen and oxygen atoms in total. The van der Waals surface area contributed by atoms with E-state index in [1.165, 1.54) is 35.5 Å². The lowest BCUT2D eigenvalue weighted by Crippen LogP contribution is -2.57. The molecule has 0 unspecified atom stereocenters. The Kier molecular flexibility index (Phi) is 14.5. The molecule has 0 radical (unpaired) electrons. The van der Waals surface area contributed by atoms with Crippen molar-refractivity contribution in [2.24, 2.45) is 11.8 Å². The summed E-state index contributed by atoms with van der Waals surface area (Å²) in [7, 11) is 0. The summed E-state index contributed by atoms with van der Waals surface area (Å²) >= 11 is 13.3. The first kappa shape index (κ1) is 47.9. The third-order valence-electron chi connectivity index (χ3n) is 13.9. The molecule has 5 aliphatic rings. The normalized spacial score (nSPS) is 21.6. The molecule has 1 saturated carbocycles. The fraction of sp³-hybridized carbons (Fsp3) is 0.385. The predicted molar refractivity (Wildman–Crippen MR) is 250 cm³/mol. The Morgan fingerprint density at radius 2 is 1.57 bits per heavy atom. The number of carboxylic acid groups (broad SMARTS) is 1. The molecular weight excluding hydrogens is 933 g/mol. The van der Waals surface area contributed by atoms with Gasteiger partial charge in [-0.1, -0.05) is 83.9 Å². The second-order valence-corrected chi connectivity index (χ2v) is 19.1. The number of carboxylic acids is 1. The van der Waals surface area contributed by atoms with E-state index in [-0.39, 0.29) is 71.7 Å². The average molecular weight is 987 g/mol. The lowest BCUT2D eigenvalue weighted by atomic mass is 9.73. The zero-order chi connectivity index (χ0) is 48.2. The van der Waals surface area contributed by atoms with Crippen LogP contribution in [0.25, 0.3) is 0 Å². The number of aromatic nitrogens is 1. The van der Waals surface area contributed by atoms with E-state index in [9.17, 15) is 33.5 Å². The number of halogens is 4. The van der Waals surface area contributed by atoms with Crippen molar-refractivity contribution in [3.8, 4) is 17.2 Å². The maximum Gasteiger partial charge on any atom is 0.408 e. The number of nitrogens with zero attached hydrogens (tertiary/aromatic N) is 3. The van der Waals surface area contributed by atoms with Crippen LogP contribution in [0.15, 0.2) is 109 Å². The van der Waals surface area contributed by atoms with Gasteiger partial charge in [0.2, 0.25) is 12.4 Å². The van der Waals surface area contributed by atoms with Crippen LogP contribution in [0.2, 0.25) is 10.0 Å². The number of nitrogens with one attached hydrogen (secondary N) is 1. The largest absolute Gasteiger partial charge is 0.489 e. The van der Waals surface area contributed by atoms with E-state index in [2.05, 4.69) is 10.2 Å². The highest BCUT2D eigenvalue weighted by atomic mass is 35.5. The number of carbonyl (C=O) groups excluding carboxylic acids is 2. The van der Waals surface area contributed by atoms with Crippen molar-refractivity contribution in [3.63, 3.8) is 0 Å². The molecule has 69 heavy (non-hydrogen) atoms. The number of piperidine rings is 3. The Morgan fingerprint density at radius 3 is 2.26 bits per heavy atom. The average Bonchev–Trinajstić information content (AvgIpc) is 4.07. The van der Waals surface area contributed by atoms with Crippen molar-refractivity contribution in [3.05, 3.63) is 153 Å². The zero-order valence-electron chi connectivity index (χ0n) is 37.7. The number of carbonyl (C=O) groups is 3. The second-order valence-electron chi connectivity index (χ2n) is 18.3. The Morgan fingerprint density at radius 1 is 0.826 bits per heavy atom. The van der Waals surface area contributed by atoms with Gasteiger partial charge in [-0.3, -0.25) is 14.9 Å². The molecule has 5 fully saturated rings. The molecule has 10 rings (SSSR count). The maximum absolute atomic E-state index is 14.9. The Balaban J connectivity index is 0.971.